The van der Waals surface area contributed by atoms with Crippen LogP contribution in [0.3, 0.4) is 0 Å². The standard InChI is InChI=1S/C12H22N3O.CH3.Y/c1-9(16)14-11-6-7-15(8-11)12-4-2-10(13)3-5-12;;/h10-12H,1-8,13H2,(H,14,16);1H3;/q2*-1;. The normalized spacial score (nSPS) is 32.2. The molecule has 18 heavy (non-hydrogen) atoms. The number of hydrogen-bond acceptors (Lipinski definition) is 3. The first kappa shape index (κ1) is 18.4. The Morgan fingerprint density at radius 3 is 2.39 bits per heavy atom. The molecule has 2 fully saturated rings. The van der Waals surface area contributed by atoms with Gasteiger partial charge in [0.05, 0.1) is 5.91 Å². The number of likely N-dealkylation sites (tertiary alicyclic amines) is 1. The van der Waals surface area contributed by atoms with Crippen LogP contribution in [0.1, 0.15) is 32.1 Å². The molecule has 2 aliphatic rings. The van der Waals surface area contributed by atoms with Gasteiger partial charge in [-0.05, 0) is 32.1 Å². The zero-order chi connectivity index (χ0) is 11.5. The molecule has 0 aromatic rings. The van der Waals surface area contributed by atoms with Gasteiger partial charge in [-0.1, -0.05) is 0 Å². The summed E-state index contributed by atoms with van der Waals surface area (Å²) in [5, 5.41) is 2.90. The second kappa shape index (κ2) is 8.52. The van der Waals surface area contributed by atoms with Crippen molar-refractivity contribution in [2.75, 3.05) is 13.1 Å². The topological polar surface area (TPSA) is 58.4 Å². The van der Waals surface area contributed by atoms with Crippen LogP contribution < -0.4 is 11.1 Å². The molecule has 2 rings (SSSR count). The smallest absolute Gasteiger partial charge is 0.0799 e. The average molecular weight is 328 g/mol. The molecule has 1 heterocycles. The van der Waals surface area contributed by atoms with Crippen molar-refractivity contribution >= 4 is 5.91 Å². The van der Waals surface area contributed by atoms with Crippen LogP contribution in [-0.2, 0) is 37.5 Å². The number of nitrogens with two attached hydrogens (primary N) is 1. The summed E-state index contributed by atoms with van der Waals surface area (Å²) in [6.07, 6.45) is 5.78. The Hall–Kier alpha value is 0.364. The SMILES string of the molecule is [CH2-]C(=O)NC1CCN(C2CCC(N)CC2)C1.[CH3-].[Y]. The van der Waals surface area contributed by atoms with Crippen molar-refractivity contribution in [1.29, 1.82) is 0 Å². The van der Waals surface area contributed by atoms with Crippen LogP contribution in [0.15, 0.2) is 0 Å². The first-order valence-corrected chi connectivity index (χ1v) is 6.27. The summed E-state index contributed by atoms with van der Waals surface area (Å²) >= 11 is 0. The van der Waals surface area contributed by atoms with E-state index in [0.717, 1.165) is 32.4 Å². The molecule has 1 amide bonds. The van der Waals surface area contributed by atoms with E-state index in [1.807, 2.05) is 0 Å². The Morgan fingerprint density at radius 1 is 1.22 bits per heavy atom. The molecule has 0 spiro atoms. The van der Waals surface area contributed by atoms with Gasteiger partial charge < -0.3 is 30.2 Å². The summed E-state index contributed by atoms with van der Waals surface area (Å²) in [5.41, 5.74) is 5.91. The minimum atomic E-state index is -0.155. The Morgan fingerprint density at radius 2 is 1.83 bits per heavy atom. The minimum Gasteiger partial charge on any atom is -0.377 e. The van der Waals surface area contributed by atoms with Crippen LogP contribution in [0.4, 0.5) is 0 Å². The zero-order valence-corrected chi connectivity index (χ0v) is 14.2. The second-order valence-electron chi connectivity index (χ2n) is 5.12. The van der Waals surface area contributed by atoms with E-state index >= 15 is 0 Å². The number of carbonyl (C=O) groups excluding carboxylic acids is 1. The number of amides is 1. The summed E-state index contributed by atoms with van der Waals surface area (Å²) < 4.78 is 0. The molecule has 0 aromatic carbocycles. The Kier molecular flexibility index (Phi) is 8.69. The number of nitrogens with zero attached hydrogens (tertiary/aromatic N) is 1. The van der Waals surface area contributed by atoms with E-state index in [0.29, 0.717) is 18.1 Å². The molecule has 1 saturated carbocycles. The molecule has 3 N–H and O–H groups in total. The van der Waals surface area contributed by atoms with Crippen molar-refractivity contribution in [3.63, 3.8) is 0 Å². The van der Waals surface area contributed by atoms with E-state index < -0.39 is 0 Å². The van der Waals surface area contributed by atoms with Gasteiger partial charge in [-0.2, -0.15) is 0 Å². The first-order chi connectivity index (χ1) is 7.65. The zero-order valence-electron chi connectivity index (χ0n) is 11.4. The van der Waals surface area contributed by atoms with Crippen LogP contribution in [0.2, 0.25) is 0 Å². The number of nitrogens with one attached hydrogen (secondary N) is 1. The summed E-state index contributed by atoms with van der Waals surface area (Å²) in [5.74, 6) is -0.155. The van der Waals surface area contributed by atoms with E-state index in [1.54, 1.807) is 0 Å². The van der Waals surface area contributed by atoms with Gasteiger partial charge in [-0.25, -0.2) is 0 Å². The van der Waals surface area contributed by atoms with Gasteiger partial charge >= 0.3 is 0 Å². The van der Waals surface area contributed by atoms with E-state index in [2.05, 4.69) is 17.1 Å². The van der Waals surface area contributed by atoms with Gasteiger partial charge in [0.15, 0.2) is 0 Å². The minimum absolute atomic E-state index is 0. The number of rotatable bonds is 2. The quantitative estimate of drug-likeness (QED) is 0.735. The Labute approximate surface area is 136 Å². The Bertz CT molecular complexity index is 255. The van der Waals surface area contributed by atoms with Crippen molar-refractivity contribution in [1.82, 2.24) is 10.2 Å². The van der Waals surface area contributed by atoms with E-state index in [-0.39, 0.29) is 46.0 Å². The largest absolute Gasteiger partial charge is 0.377 e. The maximum absolute atomic E-state index is 10.9. The molecular weight excluding hydrogens is 303 g/mol. The number of hydrogen-bond donors (Lipinski definition) is 2. The van der Waals surface area contributed by atoms with Gasteiger partial charge in [0, 0.05) is 63.9 Å². The molecule has 1 aliphatic heterocycles. The van der Waals surface area contributed by atoms with Crippen LogP contribution in [0, 0.1) is 14.4 Å². The molecule has 0 aromatic heterocycles. The third kappa shape index (κ3) is 5.16. The van der Waals surface area contributed by atoms with Crippen LogP contribution in [0.25, 0.3) is 0 Å². The van der Waals surface area contributed by atoms with Crippen LogP contribution in [0.5, 0.6) is 0 Å². The maximum atomic E-state index is 10.9. The number of carbonyl (C=O) groups is 1. The molecule has 4 nitrogen and oxygen atoms in total. The third-order valence-electron chi connectivity index (χ3n) is 3.84. The molecule has 1 unspecified atom stereocenters. The van der Waals surface area contributed by atoms with E-state index in [1.165, 1.54) is 12.8 Å². The van der Waals surface area contributed by atoms with Gasteiger partial charge in [-0.15, -0.1) is 0 Å². The van der Waals surface area contributed by atoms with Gasteiger partial charge in [0.2, 0.25) is 0 Å². The van der Waals surface area contributed by atoms with Gasteiger partial charge in [0.1, 0.15) is 0 Å². The summed E-state index contributed by atoms with van der Waals surface area (Å²) in [6.45, 7) is 5.45. The van der Waals surface area contributed by atoms with Crippen molar-refractivity contribution in [3.8, 4) is 0 Å². The van der Waals surface area contributed by atoms with Crippen LogP contribution >= 0.6 is 0 Å². The molecule has 1 saturated heterocycles. The third-order valence-corrected chi connectivity index (χ3v) is 3.84. The fourth-order valence-electron chi connectivity index (χ4n) is 2.93. The predicted molar refractivity (Wildman–Crippen MR) is 70.1 cm³/mol. The van der Waals surface area contributed by atoms with Crippen molar-refractivity contribution in [3.05, 3.63) is 14.4 Å². The summed E-state index contributed by atoms with van der Waals surface area (Å²) in [7, 11) is 0. The molecule has 1 radical (unpaired) electrons. The fraction of sp³-hybridized carbons (Fsp3) is 0.769. The Balaban J connectivity index is 0.00000144. The first-order valence-electron chi connectivity index (χ1n) is 6.27. The predicted octanol–water partition coefficient (Wildman–Crippen LogP) is 0.729. The maximum Gasteiger partial charge on any atom is 0.0799 e. The molecule has 0 bridgehead atoms. The van der Waals surface area contributed by atoms with Crippen molar-refractivity contribution in [2.45, 2.75) is 50.2 Å². The molecule has 5 heteroatoms. The monoisotopic (exact) mass is 328 g/mol. The van der Waals surface area contributed by atoms with Crippen molar-refractivity contribution in [2.24, 2.45) is 5.73 Å². The fourth-order valence-corrected chi connectivity index (χ4v) is 2.93. The van der Waals surface area contributed by atoms with Crippen molar-refractivity contribution < 1.29 is 37.5 Å². The molecule has 103 valence electrons. The molecule has 1 aliphatic carbocycles. The summed E-state index contributed by atoms with van der Waals surface area (Å²) in [6, 6.07) is 1.40. The van der Waals surface area contributed by atoms with Crippen LogP contribution in [-0.4, -0.2) is 42.0 Å². The average Bonchev–Trinajstić information content (AvgIpc) is 2.66. The summed E-state index contributed by atoms with van der Waals surface area (Å²) in [4.78, 5) is 13.4. The second-order valence-corrected chi connectivity index (χ2v) is 5.12. The van der Waals surface area contributed by atoms with Gasteiger partial charge in [-0.3, -0.25) is 4.90 Å². The molecular formula is C13H25N3OY-2. The van der Waals surface area contributed by atoms with E-state index in [4.69, 9.17) is 5.73 Å². The van der Waals surface area contributed by atoms with Gasteiger partial charge in [0.25, 0.3) is 0 Å². The molecule has 1 atom stereocenters. The van der Waals surface area contributed by atoms with E-state index in [9.17, 15) is 4.79 Å².